The number of ether oxygens (including phenoxy) is 1. The number of halogens is 1. The second-order valence-electron chi connectivity index (χ2n) is 4.55. The van der Waals surface area contributed by atoms with E-state index in [1.54, 1.807) is 12.1 Å². The predicted octanol–water partition coefficient (Wildman–Crippen LogP) is 2.72. The Bertz CT molecular complexity index is 818. The number of anilines is 1. The number of hydrogen-bond acceptors (Lipinski definition) is 4. The summed E-state index contributed by atoms with van der Waals surface area (Å²) in [5, 5.41) is 0. The smallest absolute Gasteiger partial charge is 0.339 e. The van der Waals surface area contributed by atoms with Crippen molar-refractivity contribution in [3.05, 3.63) is 59.4 Å². The van der Waals surface area contributed by atoms with Gasteiger partial charge in [-0.2, -0.15) is 0 Å². The lowest BCUT2D eigenvalue weighted by molar-refractivity contribution is 0.0602. The minimum absolute atomic E-state index is 0.0902. The number of hydrogen-bond donors (Lipinski definition) is 1. The Morgan fingerprint density at radius 1 is 1.18 bits per heavy atom. The molecule has 0 bridgehead atoms. The molecule has 22 heavy (non-hydrogen) atoms. The second-order valence-corrected chi connectivity index (χ2v) is 6.24. The molecule has 0 aliphatic carbocycles. The number of esters is 1. The lowest BCUT2D eigenvalue weighted by Gasteiger charge is -2.12. The van der Waals surface area contributed by atoms with Gasteiger partial charge in [-0.05, 0) is 42.8 Å². The van der Waals surface area contributed by atoms with E-state index >= 15 is 0 Å². The summed E-state index contributed by atoms with van der Waals surface area (Å²) in [6.07, 6.45) is 0. The van der Waals surface area contributed by atoms with Crippen molar-refractivity contribution in [1.29, 1.82) is 0 Å². The van der Waals surface area contributed by atoms with Gasteiger partial charge in [-0.25, -0.2) is 17.6 Å². The molecule has 0 spiro atoms. The molecular formula is C15H14FNO4S. The topological polar surface area (TPSA) is 72.5 Å². The van der Waals surface area contributed by atoms with Gasteiger partial charge in [0.15, 0.2) is 0 Å². The van der Waals surface area contributed by atoms with Crippen LogP contribution in [0.1, 0.15) is 15.9 Å². The van der Waals surface area contributed by atoms with Gasteiger partial charge >= 0.3 is 5.97 Å². The van der Waals surface area contributed by atoms with Crippen LogP contribution in [0.15, 0.2) is 47.4 Å². The van der Waals surface area contributed by atoms with Crippen LogP contribution in [0.25, 0.3) is 0 Å². The highest BCUT2D eigenvalue weighted by atomic mass is 32.2. The lowest BCUT2D eigenvalue weighted by Crippen LogP contribution is -2.16. The molecule has 2 aromatic carbocycles. The van der Waals surface area contributed by atoms with Crippen LogP contribution in [-0.4, -0.2) is 21.5 Å². The monoisotopic (exact) mass is 323 g/mol. The lowest BCUT2D eigenvalue weighted by atomic mass is 10.2. The molecule has 0 saturated carbocycles. The zero-order valence-electron chi connectivity index (χ0n) is 12.0. The van der Waals surface area contributed by atoms with Gasteiger partial charge in [-0.3, -0.25) is 4.72 Å². The standard InChI is InChI=1S/C15H14FNO4S/c1-10-9-11(7-8-13(10)16)22(19,20)17-14-6-4-3-5-12(14)15(18)21-2/h3-9,17H,1-2H3. The first kappa shape index (κ1) is 16.0. The Labute approximate surface area is 127 Å². The molecule has 0 aliphatic rings. The third kappa shape index (κ3) is 3.25. The number of para-hydroxylation sites is 1. The number of sulfonamides is 1. The first-order valence-corrected chi connectivity index (χ1v) is 7.80. The molecule has 0 fully saturated rings. The third-order valence-electron chi connectivity index (χ3n) is 3.02. The number of aryl methyl sites for hydroxylation is 1. The van der Waals surface area contributed by atoms with Crippen LogP contribution >= 0.6 is 0 Å². The number of nitrogens with one attached hydrogen (secondary N) is 1. The van der Waals surface area contributed by atoms with Gasteiger partial charge in [0, 0.05) is 0 Å². The predicted molar refractivity (Wildman–Crippen MR) is 79.7 cm³/mol. The van der Waals surface area contributed by atoms with Crippen molar-refractivity contribution in [3.63, 3.8) is 0 Å². The Kier molecular flexibility index (Phi) is 4.46. The molecule has 0 aliphatic heterocycles. The summed E-state index contributed by atoms with van der Waals surface area (Å²) < 4.78 is 44.9. The summed E-state index contributed by atoms with van der Waals surface area (Å²) >= 11 is 0. The van der Waals surface area contributed by atoms with Gasteiger partial charge in [0.1, 0.15) is 5.82 Å². The van der Waals surface area contributed by atoms with E-state index in [-0.39, 0.29) is 21.7 Å². The van der Waals surface area contributed by atoms with Gasteiger partial charge in [0.2, 0.25) is 0 Å². The molecule has 0 unspecified atom stereocenters. The van der Waals surface area contributed by atoms with E-state index in [9.17, 15) is 17.6 Å². The molecule has 0 heterocycles. The van der Waals surface area contributed by atoms with Crippen molar-refractivity contribution < 1.29 is 22.3 Å². The average molecular weight is 323 g/mol. The summed E-state index contributed by atoms with van der Waals surface area (Å²) in [5.41, 5.74) is 0.396. The average Bonchev–Trinajstić information content (AvgIpc) is 2.49. The Morgan fingerprint density at radius 3 is 2.50 bits per heavy atom. The van der Waals surface area contributed by atoms with Crippen LogP contribution in [0.5, 0.6) is 0 Å². The fraction of sp³-hybridized carbons (Fsp3) is 0.133. The van der Waals surface area contributed by atoms with Crippen LogP contribution < -0.4 is 4.72 Å². The van der Waals surface area contributed by atoms with E-state index in [1.807, 2.05) is 0 Å². The minimum Gasteiger partial charge on any atom is -0.465 e. The number of carbonyl (C=O) groups is 1. The highest BCUT2D eigenvalue weighted by Gasteiger charge is 2.19. The van der Waals surface area contributed by atoms with E-state index in [4.69, 9.17) is 0 Å². The summed E-state index contributed by atoms with van der Waals surface area (Å²) in [6, 6.07) is 9.52. The van der Waals surface area contributed by atoms with Gasteiger partial charge in [0.05, 0.1) is 23.3 Å². The summed E-state index contributed by atoms with van der Waals surface area (Å²) in [4.78, 5) is 11.6. The van der Waals surface area contributed by atoms with Gasteiger partial charge in [-0.15, -0.1) is 0 Å². The number of carbonyl (C=O) groups excluding carboxylic acids is 1. The molecule has 0 atom stereocenters. The van der Waals surface area contributed by atoms with Crippen LogP contribution in [-0.2, 0) is 14.8 Å². The van der Waals surface area contributed by atoms with Crippen LogP contribution in [0.4, 0.5) is 10.1 Å². The Morgan fingerprint density at radius 2 is 1.86 bits per heavy atom. The zero-order valence-corrected chi connectivity index (χ0v) is 12.8. The van der Waals surface area contributed by atoms with Crippen LogP contribution in [0.3, 0.4) is 0 Å². The van der Waals surface area contributed by atoms with Crippen molar-refractivity contribution in [1.82, 2.24) is 0 Å². The van der Waals surface area contributed by atoms with Gasteiger partial charge < -0.3 is 4.74 Å². The molecule has 7 heteroatoms. The molecule has 0 amide bonds. The van der Waals surface area contributed by atoms with Crippen molar-refractivity contribution in [2.45, 2.75) is 11.8 Å². The fourth-order valence-corrected chi connectivity index (χ4v) is 3.01. The van der Waals surface area contributed by atoms with Gasteiger partial charge in [-0.1, -0.05) is 12.1 Å². The highest BCUT2D eigenvalue weighted by molar-refractivity contribution is 7.92. The maximum Gasteiger partial charge on any atom is 0.339 e. The first-order chi connectivity index (χ1) is 10.3. The molecule has 5 nitrogen and oxygen atoms in total. The SMILES string of the molecule is COC(=O)c1ccccc1NS(=O)(=O)c1ccc(F)c(C)c1. The first-order valence-electron chi connectivity index (χ1n) is 6.31. The minimum atomic E-state index is -3.94. The second kappa shape index (κ2) is 6.15. The van der Waals surface area contributed by atoms with Crippen molar-refractivity contribution in [3.8, 4) is 0 Å². The van der Waals surface area contributed by atoms with E-state index in [0.717, 1.165) is 12.1 Å². The van der Waals surface area contributed by atoms with E-state index in [1.165, 1.54) is 32.2 Å². The normalized spacial score (nSPS) is 11.0. The Hall–Kier alpha value is -2.41. The maximum absolute atomic E-state index is 13.3. The molecular weight excluding hydrogens is 309 g/mol. The molecule has 2 aromatic rings. The largest absolute Gasteiger partial charge is 0.465 e. The molecule has 1 N–H and O–H groups in total. The molecule has 2 rings (SSSR count). The number of benzene rings is 2. The summed E-state index contributed by atoms with van der Waals surface area (Å²) in [7, 11) is -2.74. The molecule has 0 saturated heterocycles. The fourth-order valence-electron chi connectivity index (χ4n) is 1.85. The maximum atomic E-state index is 13.3. The van der Waals surface area contributed by atoms with E-state index in [0.29, 0.717) is 0 Å². The van der Waals surface area contributed by atoms with Gasteiger partial charge in [0.25, 0.3) is 10.0 Å². The third-order valence-corrected chi connectivity index (χ3v) is 4.38. The van der Waals surface area contributed by atoms with Crippen LogP contribution in [0.2, 0.25) is 0 Å². The zero-order chi connectivity index (χ0) is 16.3. The van der Waals surface area contributed by atoms with Crippen molar-refractivity contribution in [2.75, 3.05) is 11.8 Å². The van der Waals surface area contributed by atoms with E-state index in [2.05, 4.69) is 9.46 Å². The molecule has 0 radical (unpaired) electrons. The quantitative estimate of drug-likeness (QED) is 0.878. The Balaban J connectivity index is 2.41. The summed E-state index contributed by atoms with van der Waals surface area (Å²) in [6.45, 7) is 1.47. The molecule has 0 aromatic heterocycles. The van der Waals surface area contributed by atoms with E-state index < -0.39 is 21.8 Å². The highest BCUT2D eigenvalue weighted by Crippen LogP contribution is 2.22. The van der Waals surface area contributed by atoms with Crippen molar-refractivity contribution in [2.24, 2.45) is 0 Å². The molecule has 116 valence electrons. The number of methoxy groups -OCH3 is 1. The summed E-state index contributed by atoms with van der Waals surface area (Å²) in [5.74, 6) is -1.15. The number of rotatable bonds is 4. The van der Waals surface area contributed by atoms with Crippen molar-refractivity contribution >= 4 is 21.7 Å². The van der Waals surface area contributed by atoms with Crippen LogP contribution in [0, 0.1) is 12.7 Å².